The molecule has 0 aliphatic rings. The first kappa shape index (κ1) is 12.5. The Morgan fingerprint density at radius 2 is 1.67 bits per heavy atom. The predicted molar refractivity (Wildman–Crippen MR) is 75.8 cm³/mol. The number of hydrazine groups is 1. The van der Waals surface area contributed by atoms with Crippen molar-refractivity contribution >= 4 is 23.4 Å². The standard InChI is InChI=1S/C14H14N2OS/c1-18-13-10-6-5-9-12(13)14(17)16-15-11-7-3-2-4-8-11/h2-10,15H,1H3,(H,16,17). The van der Waals surface area contributed by atoms with Gasteiger partial charge in [-0.3, -0.25) is 15.6 Å². The predicted octanol–water partition coefficient (Wildman–Crippen LogP) is 3.17. The molecule has 1 amide bonds. The first-order valence-electron chi connectivity index (χ1n) is 5.55. The molecule has 2 rings (SSSR count). The zero-order valence-corrected chi connectivity index (χ0v) is 10.8. The number of anilines is 1. The summed E-state index contributed by atoms with van der Waals surface area (Å²) in [5.74, 6) is -0.135. The molecule has 0 fully saturated rings. The molecular formula is C14H14N2OS. The summed E-state index contributed by atoms with van der Waals surface area (Å²) in [7, 11) is 0. The third-order valence-corrected chi connectivity index (χ3v) is 3.24. The number of amides is 1. The fraction of sp³-hybridized carbons (Fsp3) is 0.0714. The number of benzene rings is 2. The van der Waals surface area contributed by atoms with Gasteiger partial charge in [-0.1, -0.05) is 30.3 Å². The van der Waals surface area contributed by atoms with Crippen molar-refractivity contribution < 1.29 is 4.79 Å². The molecule has 0 saturated carbocycles. The van der Waals surface area contributed by atoms with Crippen LogP contribution in [0, 0.1) is 0 Å². The van der Waals surface area contributed by atoms with E-state index in [1.54, 1.807) is 11.8 Å². The van der Waals surface area contributed by atoms with Crippen molar-refractivity contribution in [2.24, 2.45) is 0 Å². The highest BCUT2D eigenvalue weighted by Gasteiger charge is 2.09. The minimum absolute atomic E-state index is 0.135. The van der Waals surface area contributed by atoms with Crippen LogP contribution in [0.4, 0.5) is 5.69 Å². The summed E-state index contributed by atoms with van der Waals surface area (Å²) in [4.78, 5) is 13.0. The molecule has 18 heavy (non-hydrogen) atoms. The maximum absolute atomic E-state index is 12.0. The molecule has 0 radical (unpaired) electrons. The first-order chi connectivity index (χ1) is 8.81. The van der Waals surface area contributed by atoms with Crippen LogP contribution in [0.2, 0.25) is 0 Å². The lowest BCUT2D eigenvalue weighted by atomic mass is 10.2. The number of thioether (sulfide) groups is 1. The Balaban J connectivity index is 2.04. The lowest BCUT2D eigenvalue weighted by molar-refractivity contribution is 0.0960. The Kier molecular flexibility index (Phi) is 4.25. The summed E-state index contributed by atoms with van der Waals surface area (Å²) in [5.41, 5.74) is 7.10. The number of rotatable bonds is 4. The van der Waals surface area contributed by atoms with E-state index >= 15 is 0 Å². The molecule has 0 unspecified atom stereocenters. The molecule has 0 heterocycles. The third kappa shape index (κ3) is 3.05. The molecule has 0 bridgehead atoms. The van der Waals surface area contributed by atoms with Gasteiger partial charge in [0.2, 0.25) is 0 Å². The van der Waals surface area contributed by atoms with E-state index in [1.807, 2.05) is 60.9 Å². The average molecular weight is 258 g/mol. The molecule has 92 valence electrons. The summed E-state index contributed by atoms with van der Waals surface area (Å²) >= 11 is 1.56. The van der Waals surface area contributed by atoms with Crippen molar-refractivity contribution in [3.05, 3.63) is 60.2 Å². The van der Waals surface area contributed by atoms with Gasteiger partial charge in [0, 0.05) is 4.90 Å². The van der Waals surface area contributed by atoms with E-state index in [9.17, 15) is 4.79 Å². The molecule has 0 aromatic heterocycles. The second-order valence-corrected chi connectivity index (χ2v) is 4.49. The van der Waals surface area contributed by atoms with E-state index < -0.39 is 0 Å². The van der Waals surface area contributed by atoms with E-state index in [-0.39, 0.29) is 5.91 Å². The average Bonchev–Trinajstić information content (AvgIpc) is 2.45. The zero-order valence-electron chi connectivity index (χ0n) is 10.0. The Morgan fingerprint density at radius 1 is 1.00 bits per heavy atom. The van der Waals surface area contributed by atoms with Gasteiger partial charge in [-0.15, -0.1) is 11.8 Å². The SMILES string of the molecule is CSc1ccccc1C(=O)NNc1ccccc1. The monoisotopic (exact) mass is 258 g/mol. The van der Waals surface area contributed by atoms with Crippen LogP contribution in [0.15, 0.2) is 59.5 Å². The fourth-order valence-electron chi connectivity index (χ4n) is 1.55. The Morgan fingerprint density at radius 3 is 2.39 bits per heavy atom. The molecule has 4 heteroatoms. The van der Waals surface area contributed by atoms with E-state index in [4.69, 9.17) is 0 Å². The Labute approximate surface area is 111 Å². The van der Waals surface area contributed by atoms with E-state index in [0.717, 1.165) is 10.6 Å². The highest BCUT2D eigenvalue weighted by atomic mass is 32.2. The maximum atomic E-state index is 12.0. The molecule has 2 aromatic carbocycles. The van der Waals surface area contributed by atoms with Crippen molar-refractivity contribution in [2.45, 2.75) is 4.90 Å². The highest BCUT2D eigenvalue weighted by Crippen LogP contribution is 2.19. The van der Waals surface area contributed by atoms with Gasteiger partial charge >= 0.3 is 0 Å². The summed E-state index contributed by atoms with van der Waals surface area (Å²) in [5, 5.41) is 0. The van der Waals surface area contributed by atoms with E-state index in [2.05, 4.69) is 10.9 Å². The quantitative estimate of drug-likeness (QED) is 0.654. The van der Waals surface area contributed by atoms with Crippen molar-refractivity contribution in [3.8, 4) is 0 Å². The summed E-state index contributed by atoms with van der Waals surface area (Å²) in [6.07, 6.45) is 1.96. The van der Waals surface area contributed by atoms with Gasteiger partial charge in [0.05, 0.1) is 11.3 Å². The number of nitrogens with one attached hydrogen (secondary N) is 2. The van der Waals surface area contributed by atoms with Crippen LogP contribution in [-0.4, -0.2) is 12.2 Å². The molecule has 0 saturated heterocycles. The van der Waals surface area contributed by atoms with Crippen LogP contribution in [0.5, 0.6) is 0 Å². The normalized spacial score (nSPS) is 9.83. The maximum Gasteiger partial charge on any atom is 0.270 e. The Bertz CT molecular complexity index is 528. The van der Waals surface area contributed by atoms with Crippen molar-refractivity contribution in [2.75, 3.05) is 11.7 Å². The minimum Gasteiger partial charge on any atom is -0.298 e. The smallest absolute Gasteiger partial charge is 0.270 e. The molecular weight excluding hydrogens is 244 g/mol. The molecule has 0 aliphatic heterocycles. The number of hydrogen-bond donors (Lipinski definition) is 2. The van der Waals surface area contributed by atoms with Crippen LogP contribution in [0.1, 0.15) is 10.4 Å². The van der Waals surface area contributed by atoms with Gasteiger partial charge in [-0.2, -0.15) is 0 Å². The summed E-state index contributed by atoms with van der Waals surface area (Å²) in [6.45, 7) is 0. The minimum atomic E-state index is -0.135. The lowest BCUT2D eigenvalue weighted by Crippen LogP contribution is -2.29. The second kappa shape index (κ2) is 6.12. The van der Waals surface area contributed by atoms with Gasteiger partial charge < -0.3 is 0 Å². The van der Waals surface area contributed by atoms with Crippen LogP contribution < -0.4 is 10.9 Å². The van der Waals surface area contributed by atoms with Gasteiger partial charge in [0.15, 0.2) is 0 Å². The second-order valence-electron chi connectivity index (χ2n) is 3.65. The van der Waals surface area contributed by atoms with Crippen LogP contribution in [0.25, 0.3) is 0 Å². The van der Waals surface area contributed by atoms with Gasteiger partial charge in [-0.05, 0) is 30.5 Å². The van der Waals surface area contributed by atoms with Gasteiger partial charge in [0.25, 0.3) is 5.91 Å². The number of carbonyl (C=O) groups excluding carboxylic acids is 1. The molecule has 2 N–H and O–H groups in total. The lowest BCUT2D eigenvalue weighted by Gasteiger charge is -2.10. The van der Waals surface area contributed by atoms with Gasteiger partial charge in [0.1, 0.15) is 0 Å². The van der Waals surface area contributed by atoms with Gasteiger partial charge in [-0.25, -0.2) is 0 Å². The summed E-state index contributed by atoms with van der Waals surface area (Å²) in [6, 6.07) is 17.0. The molecule has 3 nitrogen and oxygen atoms in total. The van der Waals surface area contributed by atoms with Crippen molar-refractivity contribution in [1.29, 1.82) is 0 Å². The van der Waals surface area contributed by atoms with Crippen molar-refractivity contribution in [1.82, 2.24) is 5.43 Å². The number of para-hydroxylation sites is 1. The largest absolute Gasteiger partial charge is 0.298 e. The molecule has 0 aliphatic carbocycles. The first-order valence-corrected chi connectivity index (χ1v) is 6.78. The van der Waals surface area contributed by atoms with Crippen LogP contribution >= 0.6 is 11.8 Å². The van der Waals surface area contributed by atoms with Crippen LogP contribution in [0.3, 0.4) is 0 Å². The van der Waals surface area contributed by atoms with E-state index in [1.165, 1.54) is 0 Å². The topological polar surface area (TPSA) is 41.1 Å². The molecule has 2 aromatic rings. The number of hydrogen-bond acceptors (Lipinski definition) is 3. The number of carbonyl (C=O) groups is 1. The van der Waals surface area contributed by atoms with Crippen molar-refractivity contribution in [3.63, 3.8) is 0 Å². The third-order valence-electron chi connectivity index (χ3n) is 2.45. The molecule has 0 atom stereocenters. The highest BCUT2D eigenvalue weighted by molar-refractivity contribution is 7.98. The van der Waals surface area contributed by atoms with E-state index in [0.29, 0.717) is 5.56 Å². The fourth-order valence-corrected chi connectivity index (χ4v) is 2.15. The molecule has 0 spiro atoms. The zero-order chi connectivity index (χ0) is 12.8. The Hall–Kier alpha value is -1.94. The van der Waals surface area contributed by atoms with Crippen LogP contribution in [-0.2, 0) is 0 Å². The summed E-state index contributed by atoms with van der Waals surface area (Å²) < 4.78 is 0.